The molecule has 0 aliphatic heterocycles. The van der Waals surface area contributed by atoms with Crippen molar-refractivity contribution >= 4 is 26.7 Å². The van der Waals surface area contributed by atoms with Crippen LogP contribution in [0.2, 0.25) is 0 Å². The third-order valence-electron chi connectivity index (χ3n) is 3.76. The van der Waals surface area contributed by atoms with Crippen molar-refractivity contribution < 1.29 is 8.42 Å². The van der Waals surface area contributed by atoms with E-state index in [4.69, 9.17) is 0 Å². The van der Waals surface area contributed by atoms with E-state index in [9.17, 15) is 8.42 Å². The minimum absolute atomic E-state index is 0.0260. The van der Waals surface area contributed by atoms with Crippen LogP contribution in [0.15, 0.2) is 41.7 Å². The Balaban J connectivity index is 1.79. The normalized spacial score (nSPS) is 13.1. The first-order valence-electron chi connectivity index (χ1n) is 7.55. The zero-order valence-electron chi connectivity index (χ0n) is 13.8. The number of rotatable bonds is 5. The average Bonchev–Trinajstić information content (AvgIpc) is 2.90. The molecule has 24 heavy (non-hydrogen) atoms. The van der Waals surface area contributed by atoms with Gasteiger partial charge in [-0.05, 0) is 26.0 Å². The number of hydrogen-bond acceptors (Lipinski definition) is 6. The van der Waals surface area contributed by atoms with E-state index >= 15 is 0 Å². The van der Waals surface area contributed by atoms with Crippen molar-refractivity contribution in [3.8, 4) is 0 Å². The zero-order chi connectivity index (χ0) is 17.3. The van der Waals surface area contributed by atoms with Crippen LogP contribution >= 0.6 is 0 Å². The zero-order valence-corrected chi connectivity index (χ0v) is 14.6. The number of nitrogens with one attached hydrogen (secondary N) is 1. The molecule has 0 amide bonds. The van der Waals surface area contributed by atoms with Gasteiger partial charge in [0, 0.05) is 13.1 Å². The molecule has 0 spiro atoms. The summed E-state index contributed by atoms with van der Waals surface area (Å²) in [4.78, 5) is 8.70. The van der Waals surface area contributed by atoms with Crippen molar-refractivity contribution in [1.29, 1.82) is 0 Å². The lowest BCUT2D eigenvalue weighted by molar-refractivity contribution is 0.592. The Morgan fingerprint density at radius 3 is 2.62 bits per heavy atom. The fourth-order valence-corrected chi connectivity index (χ4v) is 4.01. The Hall–Kier alpha value is -2.48. The Labute approximate surface area is 140 Å². The van der Waals surface area contributed by atoms with Crippen LogP contribution in [0.3, 0.4) is 0 Å². The molecular formula is C16H19N5O2S. The third kappa shape index (κ3) is 3.23. The fourth-order valence-electron chi connectivity index (χ4n) is 2.52. The number of sulfone groups is 1. The van der Waals surface area contributed by atoms with E-state index in [1.165, 1.54) is 6.33 Å². The summed E-state index contributed by atoms with van der Waals surface area (Å²) in [6.45, 7) is 3.74. The highest BCUT2D eigenvalue weighted by molar-refractivity contribution is 7.91. The van der Waals surface area contributed by atoms with E-state index in [-0.39, 0.29) is 11.8 Å². The molecule has 2 heterocycles. The molecule has 7 nitrogen and oxygen atoms in total. The first-order chi connectivity index (χ1) is 11.4. The Kier molecular flexibility index (Phi) is 4.23. The highest BCUT2D eigenvalue weighted by Gasteiger charge is 2.19. The van der Waals surface area contributed by atoms with Crippen LogP contribution in [0.5, 0.6) is 0 Å². The summed E-state index contributed by atoms with van der Waals surface area (Å²) in [5.41, 5.74) is 1.72. The van der Waals surface area contributed by atoms with Gasteiger partial charge in [-0.1, -0.05) is 17.7 Å². The molecule has 0 bridgehead atoms. The van der Waals surface area contributed by atoms with Gasteiger partial charge in [-0.3, -0.25) is 4.68 Å². The topological polar surface area (TPSA) is 89.8 Å². The Morgan fingerprint density at radius 1 is 1.21 bits per heavy atom. The van der Waals surface area contributed by atoms with Gasteiger partial charge in [0.2, 0.25) is 0 Å². The number of benzene rings is 1. The van der Waals surface area contributed by atoms with Crippen molar-refractivity contribution in [2.75, 3.05) is 11.1 Å². The van der Waals surface area contributed by atoms with Gasteiger partial charge >= 0.3 is 0 Å². The first-order valence-corrected chi connectivity index (χ1v) is 9.21. The highest BCUT2D eigenvalue weighted by atomic mass is 32.2. The minimum atomic E-state index is -3.37. The lowest BCUT2D eigenvalue weighted by atomic mass is 10.2. The molecule has 2 aromatic heterocycles. The largest absolute Gasteiger partial charge is 0.366 e. The molecule has 0 unspecified atom stereocenters. The van der Waals surface area contributed by atoms with Crippen LogP contribution in [0.1, 0.15) is 12.5 Å². The molecule has 3 aromatic rings. The summed E-state index contributed by atoms with van der Waals surface area (Å²) in [7, 11) is -1.58. The summed E-state index contributed by atoms with van der Waals surface area (Å²) >= 11 is 0. The van der Waals surface area contributed by atoms with Crippen LogP contribution in [-0.4, -0.2) is 40.0 Å². The first kappa shape index (κ1) is 16.4. The molecule has 8 heteroatoms. The number of aryl methyl sites for hydroxylation is 2. The highest BCUT2D eigenvalue weighted by Crippen LogP contribution is 2.20. The van der Waals surface area contributed by atoms with E-state index in [1.54, 1.807) is 42.2 Å². The summed E-state index contributed by atoms with van der Waals surface area (Å²) in [6, 6.07) is 6.57. The molecule has 0 saturated carbocycles. The maximum absolute atomic E-state index is 12.5. The summed E-state index contributed by atoms with van der Waals surface area (Å²) in [6.07, 6.45) is 3.10. The van der Waals surface area contributed by atoms with Gasteiger partial charge in [-0.15, -0.1) is 0 Å². The van der Waals surface area contributed by atoms with Crippen LogP contribution in [0.4, 0.5) is 5.82 Å². The van der Waals surface area contributed by atoms with Gasteiger partial charge in [0.1, 0.15) is 12.1 Å². The molecule has 1 N–H and O–H groups in total. The summed E-state index contributed by atoms with van der Waals surface area (Å²) in [5.74, 6) is 0.557. The molecule has 0 saturated heterocycles. The smallest absolute Gasteiger partial charge is 0.180 e. The number of aromatic nitrogens is 4. The van der Waals surface area contributed by atoms with E-state index in [0.29, 0.717) is 16.4 Å². The Bertz CT molecular complexity index is 964. The van der Waals surface area contributed by atoms with Gasteiger partial charge in [0.05, 0.1) is 22.2 Å². The van der Waals surface area contributed by atoms with E-state index in [1.807, 2.05) is 13.8 Å². The number of hydrogen-bond donors (Lipinski definition) is 1. The molecule has 1 aromatic carbocycles. The van der Waals surface area contributed by atoms with Crippen LogP contribution in [0, 0.1) is 6.92 Å². The van der Waals surface area contributed by atoms with Crippen molar-refractivity contribution in [2.24, 2.45) is 7.05 Å². The van der Waals surface area contributed by atoms with E-state index < -0.39 is 9.84 Å². The van der Waals surface area contributed by atoms with Crippen molar-refractivity contribution in [3.05, 3.63) is 42.4 Å². The number of anilines is 1. The monoisotopic (exact) mass is 345 g/mol. The van der Waals surface area contributed by atoms with E-state index in [2.05, 4.69) is 20.4 Å². The predicted octanol–water partition coefficient (Wildman–Crippen LogP) is 1.95. The van der Waals surface area contributed by atoms with Gasteiger partial charge in [0.15, 0.2) is 15.5 Å². The fraction of sp³-hybridized carbons (Fsp3) is 0.312. The number of nitrogens with zero attached hydrogens (tertiary/aromatic N) is 4. The van der Waals surface area contributed by atoms with Crippen LogP contribution < -0.4 is 5.32 Å². The summed E-state index contributed by atoms with van der Waals surface area (Å²) in [5, 5.41) is 8.07. The van der Waals surface area contributed by atoms with E-state index in [0.717, 1.165) is 10.9 Å². The lowest BCUT2D eigenvalue weighted by Gasteiger charge is -2.15. The maximum atomic E-state index is 12.5. The second-order valence-electron chi connectivity index (χ2n) is 5.87. The molecule has 0 aliphatic rings. The molecule has 3 rings (SSSR count). The molecule has 0 radical (unpaired) electrons. The Morgan fingerprint density at radius 2 is 1.92 bits per heavy atom. The number of fused-ring (bicyclic) bond motifs is 1. The maximum Gasteiger partial charge on any atom is 0.180 e. The van der Waals surface area contributed by atoms with Gasteiger partial charge < -0.3 is 5.32 Å². The predicted molar refractivity (Wildman–Crippen MR) is 92.6 cm³/mol. The molecular weight excluding hydrogens is 326 g/mol. The molecule has 0 fully saturated rings. The molecule has 0 aliphatic carbocycles. The second kappa shape index (κ2) is 6.20. The summed E-state index contributed by atoms with van der Waals surface area (Å²) < 4.78 is 26.7. The second-order valence-corrected chi connectivity index (χ2v) is 7.90. The standard InChI is InChI=1S/C16H19N5O2S/c1-11-4-6-13(7-5-11)24(22,23)9-12(2)20-15-14-8-19-21(3)16(14)18-10-17-15/h4-8,10,12H,9H2,1-3H3,(H,17,18,20)/t12-/m1/s1. The van der Waals surface area contributed by atoms with Gasteiger partial charge in [-0.2, -0.15) is 5.10 Å². The average molecular weight is 345 g/mol. The van der Waals surface area contributed by atoms with Crippen molar-refractivity contribution in [2.45, 2.75) is 24.8 Å². The molecule has 126 valence electrons. The lowest BCUT2D eigenvalue weighted by Crippen LogP contribution is -2.26. The minimum Gasteiger partial charge on any atom is -0.366 e. The SMILES string of the molecule is Cc1ccc(S(=O)(=O)C[C@@H](C)Nc2ncnc3c2cnn3C)cc1. The van der Waals surface area contributed by atoms with Crippen LogP contribution in [-0.2, 0) is 16.9 Å². The molecule has 1 atom stereocenters. The third-order valence-corrected chi connectivity index (χ3v) is 5.69. The van der Waals surface area contributed by atoms with Crippen LogP contribution in [0.25, 0.3) is 11.0 Å². The van der Waals surface area contributed by atoms with Crippen molar-refractivity contribution in [3.63, 3.8) is 0 Å². The van der Waals surface area contributed by atoms with Gasteiger partial charge in [-0.25, -0.2) is 18.4 Å². The van der Waals surface area contributed by atoms with Crippen molar-refractivity contribution in [1.82, 2.24) is 19.7 Å². The quantitative estimate of drug-likeness (QED) is 0.760. The van der Waals surface area contributed by atoms with Gasteiger partial charge in [0.25, 0.3) is 0 Å².